The van der Waals surface area contributed by atoms with Gasteiger partial charge in [0.2, 0.25) is 5.91 Å². The number of amides is 1. The van der Waals surface area contributed by atoms with E-state index in [4.69, 9.17) is 5.11 Å². The number of nitrogens with one attached hydrogen (secondary N) is 1. The van der Waals surface area contributed by atoms with E-state index >= 15 is 0 Å². The summed E-state index contributed by atoms with van der Waals surface area (Å²) >= 11 is 1.47. The summed E-state index contributed by atoms with van der Waals surface area (Å²) in [7, 11) is 0. The van der Waals surface area contributed by atoms with Crippen molar-refractivity contribution in [2.24, 2.45) is 0 Å². The number of benzene rings is 1. The topological polar surface area (TPSA) is 110 Å². The van der Waals surface area contributed by atoms with Crippen molar-refractivity contribution in [3.8, 4) is 0 Å². The van der Waals surface area contributed by atoms with Crippen LogP contribution in [0.3, 0.4) is 0 Å². The fourth-order valence-corrected chi connectivity index (χ4v) is 2.42. The molecule has 1 aromatic rings. The number of nitro benzene ring substituents is 1. The van der Waals surface area contributed by atoms with Crippen molar-refractivity contribution in [3.63, 3.8) is 0 Å². The number of carboxylic acids is 1. The van der Waals surface area contributed by atoms with Gasteiger partial charge in [-0.05, 0) is 0 Å². The smallest absolute Gasteiger partial charge is 0.303 e. The average Bonchev–Trinajstić information content (AvgIpc) is 2.45. The number of para-hydroxylation sites is 1. The summed E-state index contributed by atoms with van der Waals surface area (Å²) in [6.07, 6.45) is -0.223. The molecule has 0 radical (unpaired) electrons. The van der Waals surface area contributed by atoms with E-state index in [1.165, 1.54) is 17.8 Å². The van der Waals surface area contributed by atoms with Gasteiger partial charge in [-0.3, -0.25) is 19.7 Å². The minimum Gasteiger partial charge on any atom is -0.481 e. The quantitative estimate of drug-likeness (QED) is 0.409. The van der Waals surface area contributed by atoms with Gasteiger partial charge < -0.3 is 10.4 Å². The van der Waals surface area contributed by atoms with Gasteiger partial charge >= 0.3 is 5.97 Å². The SMILES string of the molecule is O=C(O)CCC(=O)NCCSCc1ccccc1[N+](=O)[O-]. The highest BCUT2D eigenvalue weighted by Crippen LogP contribution is 2.22. The van der Waals surface area contributed by atoms with Crippen LogP contribution in [-0.2, 0) is 15.3 Å². The number of hydrogen-bond donors (Lipinski definition) is 2. The maximum atomic E-state index is 11.3. The minimum absolute atomic E-state index is 0.0375. The lowest BCUT2D eigenvalue weighted by Gasteiger charge is -2.05. The number of thioether (sulfide) groups is 1. The van der Waals surface area contributed by atoms with E-state index < -0.39 is 10.9 Å². The molecule has 1 rings (SSSR count). The molecule has 0 atom stereocenters. The molecule has 0 aliphatic carbocycles. The van der Waals surface area contributed by atoms with Crippen molar-refractivity contribution < 1.29 is 19.6 Å². The molecule has 8 heteroatoms. The summed E-state index contributed by atoms with van der Waals surface area (Å²) in [5, 5.41) is 21.9. The molecular weight excluding hydrogens is 296 g/mol. The van der Waals surface area contributed by atoms with Crippen LogP contribution in [0.15, 0.2) is 24.3 Å². The van der Waals surface area contributed by atoms with Crippen molar-refractivity contribution in [1.29, 1.82) is 0 Å². The molecule has 0 spiro atoms. The molecule has 0 fully saturated rings. The number of nitro groups is 1. The average molecular weight is 312 g/mol. The largest absolute Gasteiger partial charge is 0.481 e. The maximum absolute atomic E-state index is 11.3. The molecule has 0 heterocycles. The summed E-state index contributed by atoms with van der Waals surface area (Å²) in [4.78, 5) is 31.9. The van der Waals surface area contributed by atoms with Crippen LogP contribution in [0.4, 0.5) is 5.69 Å². The molecule has 21 heavy (non-hydrogen) atoms. The van der Waals surface area contributed by atoms with Gasteiger partial charge in [0.15, 0.2) is 0 Å². The standard InChI is InChI=1S/C13H16N2O5S/c16-12(5-6-13(17)18)14-7-8-21-9-10-3-1-2-4-11(10)15(19)20/h1-4H,5-9H2,(H,14,16)(H,17,18). The van der Waals surface area contributed by atoms with Gasteiger partial charge in [0.1, 0.15) is 0 Å². The van der Waals surface area contributed by atoms with Crippen LogP contribution in [0.5, 0.6) is 0 Å². The normalized spacial score (nSPS) is 10.1. The van der Waals surface area contributed by atoms with Crippen LogP contribution in [0, 0.1) is 10.1 Å². The monoisotopic (exact) mass is 312 g/mol. The molecule has 0 saturated carbocycles. The second-order valence-corrected chi connectivity index (χ2v) is 5.29. The summed E-state index contributed by atoms with van der Waals surface area (Å²) < 4.78 is 0. The Balaban J connectivity index is 2.24. The lowest BCUT2D eigenvalue weighted by Crippen LogP contribution is -2.26. The molecule has 2 N–H and O–H groups in total. The Morgan fingerprint density at radius 1 is 1.29 bits per heavy atom. The van der Waals surface area contributed by atoms with E-state index in [1.54, 1.807) is 18.2 Å². The van der Waals surface area contributed by atoms with Gasteiger partial charge in [0.05, 0.1) is 11.3 Å². The Kier molecular flexibility index (Phi) is 7.24. The predicted molar refractivity (Wildman–Crippen MR) is 79.1 cm³/mol. The van der Waals surface area contributed by atoms with Crippen molar-refractivity contribution in [1.82, 2.24) is 5.32 Å². The number of carboxylic acid groups (broad SMARTS) is 1. The van der Waals surface area contributed by atoms with E-state index in [1.807, 2.05) is 0 Å². The third kappa shape index (κ3) is 6.75. The maximum Gasteiger partial charge on any atom is 0.303 e. The van der Waals surface area contributed by atoms with Gasteiger partial charge in [0.25, 0.3) is 5.69 Å². The predicted octanol–water partition coefficient (Wildman–Crippen LogP) is 1.81. The van der Waals surface area contributed by atoms with Crippen LogP contribution < -0.4 is 5.32 Å². The summed E-state index contributed by atoms with van der Waals surface area (Å²) in [6.45, 7) is 0.406. The van der Waals surface area contributed by atoms with E-state index in [9.17, 15) is 19.7 Å². The summed E-state index contributed by atoms with van der Waals surface area (Å²) in [6, 6.07) is 6.53. The van der Waals surface area contributed by atoms with E-state index in [2.05, 4.69) is 5.32 Å². The third-order valence-electron chi connectivity index (χ3n) is 2.58. The Bertz CT molecular complexity index is 521. The fourth-order valence-electron chi connectivity index (χ4n) is 1.56. The van der Waals surface area contributed by atoms with Crippen molar-refractivity contribution in [3.05, 3.63) is 39.9 Å². The number of aliphatic carboxylic acids is 1. The highest BCUT2D eigenvalue weighted by Gasteiger charge is 2.11. The first-order chi connectivity index (χ1) is 10.0. The van der Waals surface area contributed by atoms with Crippen LogP contribution >= 0.6 is 11.8 Å². The molecule has 0 unspecified atom stereocenters. The zero-order chi connectivity index (χ0) is 15.7. The zero-order valence-electron chi connectivity index (χ0n) is 11.3. The number of carbonyl (C=O) groups excluding carboxylic acids is 1. The zero-order valence-corrected chi connectivity index (χ0v) is 12.1. The molecule has 0 aliphatic heterocycles. The number of rotatable bonds is 9. The molecule has 0 saturated heterocycles. The molecule has 0 aromatic heterocycles. The van der Waals surface area contributed by atoms with Crippen LogP contribution in [0.25, 0.3) is 0 Å². The molecule has 0 bridgehead atoms. The third-order valence-corrected chi connectivity index (χ3v) is 3.59. The van der Waals surface area contributed by atoms with Crippen LogP contribution in [0.2, 0.25) is 0 Å². The van der Waals surface area contributed by atoms with Gasteiger partial charge in [-0.25, -0.2) is 0 Å². The van der Waals surface area contributed by atoms with E-state index in [0.29, 0.717) is 23.6 Å². The summed E-state index contributed by atoms with van der Waals surface area (Å²) in [5.74, 6) is -0.216. The lowest BCUT2D eigenvalue weighted by atomic mass is 10.2. The Hall–Kier alpha value is -2.09. The lowest BCUT2D eigenvalue weighted by molar-refractivity contribution is -0.385. The molecule has 1 amide bonds. The Morgan fingerprint density at radius 3 is 2.67 bits per heavy atom. The Labute approximate surface area is 125 Å². The number of carbonyl (C=O) groups is 2. The molecule has 114 valence electrons. The van der Waals surface area contributed by atoms with Crippen molar-refractivity contribution >= 4 is 29.3 Å². The van der Waals surface area contributed by atoms with Crippen LogP contribution in [0.1, 0.15) is 18.4 Å². The van der Waals surface area contributed by atoms with Crippen LogP contribution in [-0.4, -0.2) is 34.2 Å². The first-order valence-corrected chi connectivity index (χ1v) is 7.44. The molecule has 1 aromatic carbocycles. The molecule has 0 aliphatic rings. The highest BCUT2D eigenvalue weighted by molar-refractivity contribution is 7.98. The van der Waals surface area contributed by atoms with Gasteiger partial charge in [-0.2, -0.15) is 11.8 Å². The number of nitrogens with zero attached hydrogens (tertiary/aromatic N) is 1. The second kappa shape index (κ2) is 8.96. The van der Waals surface area contributed by atoms with Gasteiger partial charge in [0, 0.05) is 36.1 Å². The molecule has 7 nitrogen and oxygen atoms in total. The Morgan fingerprint density at radius 2 is 2.00 bits per heavy atom. The van der Waals surface area contributed by atoms with Crippen molar-refractivity contribution in [2.45, 2.75) is 18.6 Å². The summed E-state index contributed by atoms with van der Waals surface area (Å²) in [5.41, 5.74) is 0.736. The van der Waals surface area contributed by atoms with Crippen molar-refractivity contribution in [2.75, 3.05) is 12.3 Å². The van der Waals surface area contributed by atoms with Gasteiger partial charge in [-0.15, -0.1) is 0 Å². The number of hydrogen-bond acceptors (Lipinski definition) is 5. The fraction of sp³-hybridized carbons (Fsp3) is 0.385. The van der Waals surface area contributed by atoms with E-state index in [0.717, 1.165) is 0 Å². The highest BCUT2D eigenvalue weighted by atomic mass is 32.2. The molecular formula is C13H16N2O5S. The first-order valence-electron chi connectivity index (χ1n) is 6.29. The van der Waals surface area contributed by atoms with E-state index in [-0.39, 0.29) is 24.4 Å². The minimum atomic E-state index is -1.00. The van der Waals surface area contributed by atoms with Gasteiger partial charge in [-0.1, -0.05) is 18.2 Å². The second-order valence-electron chi connectivity index (χ2n) is 4.18. The first kappa shape index (κ1) is 17.0.